The van der Waals surface area contributed by atoms with Crippen molar-refractivity contribution in [3.8, 4) is 0 Å². The quantitative estimate of drug-likeness (QED) is 0.853. The van der Waals surface area contributed by atoms with Gasteiger partial charge in [0.25, 0.3) is 0 Å². The van der Waals surface area contributed by atoms with Gasteiger partial charge in [-0.25, -0.2) is 4.39 Å². The molecule has 0 fully saturated rings. The van der Waals surface area contributed by atoms with E-state index in [1.54, 1.807) is 12.1 Å². The third kappa shape index (κ3) is 4.32. The molecule has 0 spiro atoms. The summed E-state index contributed by atoms with van der Waals surface area (Å²) < 4.78 is 13.8. The predicted octanol–water partition coefficient (Wildman–Crippen LogP) is 4.82. The van der Waals surface area contributed by atoms with Crippen LogP contribution in [0.15, 0.2) is 30.3 Å². The number of rotatable bonds is 4. The first kappa shape index (κ1) is 17.5. The number of amides is 1. The SMILES string of the molecule is Cc1cc(C)c([C@@H](C)NC(=O)Cc2ccc(Cl)cc2F)cc1C. The van der Waals surface area contributed by atoms with E-state index < -0.39 is 5.82 Å². The van der Waals surface area contributed by atoms with Crippen LogP contribution in [0.5, 0.6) is 0 Å². The maximum absolute atomic E-state index is 13.8. The standard InChI is InChI=1S/C19H21ClFNO/c1-11-7-13(3)17(8-12(11)2)14(4)22-19(23)9-15-5-6-16(20)10-18(15)21/h5-8,10,14H,9H2,1-4H3,(H,22,23)/t14-/m1/s1. The minimum Gasteiger partial charge on any atom is -0.349 e. The molecule has 122 valence electrons. The molecule has 2 nitrogen and oxygen atoms in total. The number of carbonyl (C=O) groups excluding carboxylic acids is 1. The van der Waals surface area contributed by atoms with Gasteiger partial charge in [0.05, 0.1) is 12.5 Å². The number of aryl methyl sites for hydroxylation is 3. The van der Waals surface area contributed by atoms with Gasteiger partial charge in [-0.05, 0) is 67.6 Å². The summed E-state index contributed by atoms with van der Waals surface area (Å²) in [5, 5.41) is 3.26. The molecule has 0 aliphatic carbocycles. The van der Waals surface area contributed by atoms with Crippen molar-refractivity contribution >= 4 is 17.5 Å². The summed E-state index contributed by atoms with van der Waals surface area (Å²) in [6, 6.07) is 8.44. The van der Waals surface area contributed by atoms with Crippen LogP contribution in [0.1, 0.15) is 40.8 Å². The molecule has 1 atom stereocenters. The summed E-state index contributed by atoms with van der Waals surface area (Å²) in [7, 11) is 0. The van der Waals surface area contributed by atoms with E-state index in [0.717, 1.165) is 11.1 Å². The van der Waals surface area contributed by atoms with E-state index in [1.807, 2.05) is 13.8 Å². The number of hydrogen-bond donors (Lipinski definition) is 1. The number of carbonyl (C=O) groups is 1. The zero-order valence-corrected chi connectivity index (χ0v) is 14.6. The maximum atomic E-state index is 13.8. The number of benzene rings is 2. The van der Waals surface area contributed by atoms with Crippen LogP contribution in [-0.2, 0) is 11.2 Å². The zero-order chi connectivity index (χ0) is 17.1. The van der Waals surface area contributed by atoms with Crippen LogP contribution >= 0.6 is 11.6 Å². The topological polar surface area (TPSA) is 29.1 Å². The summed E-state index contributed by atoms with van der Waals surface area (Å²) in [5.41, 5.74) is 4.98. The van der Waals surface area contributed by atoms with E-state index in [9.17, 15) is 9.18 Å². The Morgan fingerprint density at radius 3 is 2.43 bits per heavy atom. The average Bonchev–Trinajstić information content (AvgIpc) is 2.45. The fraction of sp³-hybridized carbons (Fsp3) is 0.316. The smallest absolute Gasteiger partial charge is 0.225 e. The predicted molar refractivity (Wildman–Crippen MR) is 92.3 cm³/mol. The normalized spacial score (nSPS) is 12.1. The Labute approximate surface area is 141 Å². The van der Waals surface area contributed by atoms with E-state index >= 15 is 0 Å². The number of halogens is 2. The lowest BCUT2D eigenvalue weighted by Gasteiger charge is -2.18. The maximum Gasteiger partial charge on any atom is 0.225 e. The van der Waals surface area contributed by atoms with E-state index in [-0.39, 0.29) is 18.4 Å². The van der Waals surface area contributed by atoms with E-state index in [4.69, 9.17) is 11.6 Å². The van der Waals surface area contributed by atoms with Gasteiger partial charge in [-0.3, -0.25) is 4.79 Å². The number of hydrogen-bond acceptors (Lipinski definition) is 1. The van der Waals surface area contributed by atoms with Gasteiger partial charge in [0.2, 0.25) is 5.91 Å². The molecule has 23 heavy (non-hydrogen) atoms. The monoisotopic (exact) mass is 333 g/mol. The molecular formula is C19H21ClFNO. The Morgan fingerprint density at radius 1 is 1.13 bits per heavy atom. The van der Waals surface area contributed by atoms with E-state index in [0.29, 0.717) is 10.6 Å². The molecule has 2 aromatic rings. The molecule has 0 aliphatic rings. The lowest BCUT2D eigenvalue weighted by atomic mass is 9.96. The second-order valence-electron chi connectivity index (χ2n) is 5.99. The fourth-order valence-corrected chi connectivity index (χ4v) is 2.82. The Balaban J connectivity index is 2.09. The second kappa shape index (κ2) is 7.14. The van der Waals surface area contributed by atoms with Crippen molar-refractivity contribution in [3.63, 3.8) is 0 Å². The molecule has 2 rings (SSSR count). The molecule has 0 saturated carbocycles. The van der Waals surface area contributed by atoms with Crippen molar-refractivity contribution in [2.45, 2.75) is 40.2 Å². The Morgan fingerprint density at radius 2 is 1.78 bits per heavy atom. The third-order valence-electron chi connectivity index (χ3n) is 4.09. The molecule has 0 radical (unpaired) electrons. The molecule has 0 heterocycles. The summed E-state index contributed by atoms with van der Waals surface area (Å²) >= 11 is 5.72. The fourth-order valence-electron chi connectivity index (χ4n) is 2.66. The van der Waals surface area contributed by atoms with Crippen LogP contribution in [0.25, 0.3) is 0 Å². The van der Waals surface area contributed by atoms with Gasteiger partial charge in [-0.1, -0.05) is 29.8 Å². The Kier molecular flexibility index (Phi) is 5.42. The van der Waals surface area contributed by atoms with Gasteiger partial charge in [-0.2, -0.15) is 0 Å². The van der Waals surface area contributed by atoms with Gasteiger partial charge in [0, 0.05) is 5.02 Å². The van der Waals surface area contributed by atoms with Crippen LogP contribution < -0.4 is 5.32 Å². The van der Waals surface area contributed by atoms with Crippen LogP contribution in [0.3, 0.4) is 0 Å². The highest BCUT2D eigenvalue weighted by atomic mass is 35.5. The highest BCUT2D eigenvalue weighted by Crippen LogP contribution is 2.22. The van der Waals surface area contributed by atoms with Crippen molar-refractivity contribution in [1.82, 2.24) is 5.32 Å². The molecule has 0 bridgehead atoms. The highest BCUT2D eigenvalue weighted by molar-refractivity contribution is 6.30. The molecular weight excluding hydrogens is 313 g/mol. The van der Waals surface area contributed by atoms with Gasteiger partial charge in [0.15, 0.2) is 0 Å². The van der Waals surface area contributed by atoms with Crippen LogP contribution in [0, 0.1) is 26.6 Å². The van der Waals surface area contributed by atoms with Crippen molar-refractivity contribution in [2.75, 3.05) is 0 Å². The molecule has 0 aliphatic heterocycles. The lowest BCUT2D eigenvalue weighted by molar-refractivity contribution is -0.121. The molecule has 1 amide bonds. The largest absolute Gasteiger partial charge is 0.349 e. The van der Waals surface area contributed by atoms with Crippen LogP contribution in [0.2, 0.25) is 5.02 Å². The van der Waals surface area contributed by atoms with E-state index in [1.165, 1.54) is 17.2 Å². The van der Waals surface area contributed by atoms with Gasteiger partial charge in [-0.15, -0.1) is 0 Å². The van der Waals surface area contributed by atoms with E-state index in [2.05, 4.69) is 31.3 Å². The summed E-state index contributed by atoms with van der Waals surface area (Å²) in [4.78, 5) is 12.2. The summed E-state index contributed by atoms with van der Waals surface area (Å²) in [5.74, 6) is -0.668. The van der Waals surface area contributed by atoms with Crippen LogP contribution in [0.4, 0.5) is 4.39 Å². The van der Waals surface area contributed by atoms with Gasteiger partial charge < -0.3 is 5.32 Å². The van der Waals surface area contributed by atoms with Crippen LogP contribution in [-0.4, -0.2) is 5.91 Å². The first-order valence-corrected chi connectivity index (χ1v) is 7.96. The second-order valence-corrected chi connectivity index (χ2v) is 6.43. The van der Waals surface area contributed by atoms with Gasteiger partial charge in [0.1, 0.15) is 5.82 Å². The first-order valence-electron chi connectivity index (χ1n) is 7.59. The molecule has 0 saturated heterocycles. The van der Waals surface area contributed by atoms with Crippen molar-refractivity contribution < 1.29 is 9.18 Å². The molecule has 2 aromatic carbocycles. The van der Waals surface area contributed by atoms with Crippen molar-refractivity contribution in [3.05, 3.63) is 69.0 Å². The minimum absolute atomic E-state index is 0.00274. The van der Waals surface area contributed by atoms with Crippen molar-refractivity contribution in [2.24, 2.45) is 0 Å². The van der Waals surface area contributed by atoms with Crippen molar-refractivity contribution in [1.29, 1.82) is 0 Å². The molecule has 4 heteroatoms. The summed E-state index contributed by atoms with van der Waals surface area (Å²) in [6.07, 6.45) is -0.00274. The Bertz CT molecular complexity index is 742. The lowest BCUT2D eigenvalue weighted by Crippen LogP contribution is -2.29. The minimum atomic E-state index is -0.456. The average molecular weight is 334 g/mol. The molecule has 1 N–H and O–H groups in total. The summed E-state index contributed by atoms with van der Waals surface area (Å²) in [6.45, 7) is 8.09. The van der Waals surface area contributed by atoms with Gasteiger partial charge >= 0.3 is 0 Å². The Hall–Kier alpha value is -1.87. The molecule has 0 unspecified atom stereocenters. The number of nitrogens with one attached hydrogen (secondary N) is 1. The third-order valence-corrected chi connectivity index (χ3v) is 4.33. The zero-order valence-electron chi connectivity index (χ0n) is 13.8. The highest BCUT2D eigenvalue weighted by Gasteiger charge is 2.15. The first-order chi connectivity index (χ1) is 10.8. The molecule has 0 aromatic heterocycles.